The molecule has 2 unspecified atom stereocenters. The molecule has 10 aromatic rings. The molecule has 0 bridgehead atoms. The van der Waals surface area contributed by atoms with Crippen molar-refractivity contribution in [2.45, 2.75) is 16.7 Å². The van der Waals surface area contributed by atoms with Crippen LogP contribution in [-0.2, 0) is 10.8 Å². The summed E-state index contributed by atoms with van der Waals surface area (Å²) < 4.78 is 2.47. The molecule has 0 N–H and O–H groups in total. The predicted octanol–water partition coefficient (Wildman–Crippen LogP) is 14.4. The Kier molecular flexibility index (Phi) is 7.11. The Balaban J connectivity index is 1.12. The van der Waals surface area contributed by atoms with Crippen LogP contribution in [0.5, 0.6) is 0 Å². The maximum absolute atomic E-state index is 5.59. The molecule has 14 rings (SSSR count). The van der Waals surface area contributed by atoms with Gasteiger partial charge < -0.3 is 0 Å². The number of rotatable bonds is 3. The maximum atomic E-state index is 5.59. The summed E-state index contributed by atoms with van der Waals surface area (Å²) >= 11 is 0. The third-order valence-corrected chi connectivity index (χ3v) is 15.0. The molecule has 2 atom stereocenters. The standard InChI is InChI=1S/C61H40N2/c1-3-19-39(20-4-1)41-37-55(40-21-5-2-6-22-40)62-57(38-41)63-56-34-18-10-25-44(56)45-35-36-54-58(59(45)63)46-26-9-13-29-49(46)61(54)52-32-16-14-30-50(52)60(51-31-15-17-33-53(51)61)47-27-11-7-23-42(47)43-24-8-12-28-48(43)60/h1-38,42,47H. The minimum Gasteiger partial charge on any atom is -0.293 e. The van der Waals surface area contributed by atoms with E-state index in [4.69, 9.17) is 4.98 Å². The maximum Gasteiger partial charge on any atom is 0.138 e. The smallest absolute Gasteiger partial charge is 0.138 e. The van der Waals surface area contributed by atoms with Crippen LogP contribution in [0.1, 0.15) is 50.4 Å². The van der Waals surface area contributed by atoms with E-state index < -0.39 is 5.41 Å². The zero-order valence-electron chi connectivity index (χ0n) is 34.5. The second-order valence-corrected chi connectivity index (χ2v) is 17.7. The van der Waals surface area contributed by atoms with E-state index in [1.807, 2.05) is 0 Å². The van der Waals surface area contributed by atoms with Crippen LogP contribution in [0.4, 0.5) is 0 Å². The molecule has 2 spiro atoms. The lowest BCUT2D eigenvalue weighted by Crippen LogP contribution is -2.46. The summed E-state index contributed by atoms with van der Waals surface area (Å²) in [6.45, 7) is 0. The number of para-hydroxylation sites is 1. The highest BCUT2D eigenvalue weighted by atomic mass is 15.1. The quantitative estimate of drug-likeness (QED) is 0.174. The number of hydrogen-bond acceptors (Lipinski definition) is 1. The van der Waals surface area contributed by atoms with E-state index in [0.717, 1.165) is 33.7 Å². The van der Waals surface area contributed by atoms with Gasteiger partial charge in [0, 0.05) is 33.7 Å². The van der Waals surface area contributed by atoms with Crippen molar-refractivity contribution >= 4 is 21.8 Å². The van der Waals surface area contributed by atoms with E-state index in [-0.39, 0.29) is 11.3 Å². The number of benzene rings is 8. The molecule has 2 heterocycles. The summed E-state index contributed by atoms with van der Waals surface area (Å²) in [4.78, 5) is 5.59. The third kappa shape index (κ3) is 4.40. The third-order valence-electron chi connectivity index (χ3n) is 15.0. The van der Waals surface area contributed by atoms with Gasteiger partial charge in [-0.3, -0.25) is 4.57 Å². The number of fused-ring (bicyclic) bond motifs is 20. The highest BCUT2D eigenvalue weighted by Gasteiger charge is 2.61. The summed E-state index contributed by atoms with van der Waals surface area (Å²) in [5.41, 5.74) is 19.3. The van der Waals surface area contributed by atoms with Crippen LogP contribution in [0.3, 0.4) is 0 Å². The van der Waals surface area contributed by atoms with Crippen molar-refractivity contribution < 1.29 is 0 Å². The second-order valence-electron chi connectivity index (χ2n) is 17.7. The van der Waals surface area contributed by atoms with Crippen LogP contribution in [0.15, 0.2) is 231 Å². The topological polar surface area (TPSA) is 17.8 Å². The van der Waals surface area contributed by atoms with Crippen molar-refractivity contribution in [2.24, 2.45) is 5.92 Å². The van der Waals surface area contributed by atoms with Crippen molar-refractivity contribution in [2.75, 3.05) is 0 Å². The molecule has 0 amide bonds. The monoisotopic (exact) mass is 800 g/mol. The number of nitrogens with zero attached hydrogens (tertiary/aromatic N) is 2. The Labute approximate surface area is 366 Å². The highest BCUT2D eigenvalue weighted by Crippen LogP contribution is 2.69. The minimum atomic E-state index is -0.574. The molecule has 8 aromatic carbocycles. The molecule has 63 heavy (non-hydrogen) atoms. The Morgan fingerprint density at radius 3 is 1.79 bits per heavy atom. The van der Waals surface area contributed by atoms with Gasteiger partial charge in [-0.25, -0.2) is 4.98 Å². The molecule has 294 valence electrons. The highest BCUT2D eigenvalue weighted by molar-refractivity contribution is 6.16. The fraction of sp³-hybridized carbons (Fsp3) is 0.0656. The number of aromatic nitrogens is 2. The number of hydrogen-bond donors (Lipinski definition) is 0. The van der Waals surface area contributed by atoms with Crippen molar-refractivity contribution in [3.05, 3.63) is 275 Å². The van der Waals surface area contributed by atoms with E-state index >= 15 is 0 Å². The van der Waals surface area contributed by atoms with Crippen LogP contribution in [0, 0.1) is 5.92 Å². The minimum absolute atomic E-state index is 0.238. The molecule has 0 aliphatic heterocycles. The molecule has 0 saturated heterocycles. The first-order valence-corrected chi connectivity index (χ1v) is 22.2. The Bertz CT molecular complexity index is 3480. The van der Waals surface area contributed by atoms with Gasteiger partial charge in [0.05, 0.1) is 27.6 Å². The van der Waals surface area contributed by atoms with Gasteiger partial charge in [-0.2, -0.15) is 0 Å². The summed E-state index contributed by atoms with van der Waals surface area (Å²) in [5, 5.41) is 2.45. The van der Waals surface area contributed by atoms with Gasteiger partial charge in [-0.1, -0.05) is 212 Å². The first-order valence-electron chi connectivity index (χ1n) is 22.2. The van der Waals surface area contributed by atoms with Crippen molar-refractivity contribution in [1.29, 1.82) is 0 Å². The fourth-order valence-electron chi connectivity index (χ4n) is 12.7. The Morgan fingerprint density at radius 1 is 0.429 bits per heavy atom. The molecule has 0 saturated carbocycles. The van der Waals surface area contributed by atoms with Crippen molar-refractivity contribution in [1.82, 2.24) is 9.55 Å². The van der Waals surface area contributed by atoms with Crippen LogP contribution < -0.4 is 0 Å². The Hall–Kier alpha value is -7.81. The summed E-state index contributed by atoms with van der Waals surface area (Å²) in [6.07, 6.45) is 9.47. The number of pyridine rings is 1. The van der Waals surface area contributed by atoms with Gasteiger partial charge in [0.2, 0.25) is 0 Å². The van der Waals surface area contributed by atoms with E-state index in [1.54, 1.807) is 0 Å². The first-order chi connectivity index (χ1) is 31.3. The molecule has 4 aliphatic rings. The lowest BCUT2D eigenvalue weighted by Gasteiger charge is -2.50. The van der Waals surface area contributed by atoms with E-state index in [1.165, 1.54) is 71.9 Å². The lowest BCUT2D eigenvalue weighted by atomic mass is 9.51. The molecule has 0 radical (unpaired) electrons. The fourth-order valence-corrected chi connectivity index (χ4v) is 12.7. The van der Waals surface area contributed by atoms with Gasteiger partial charge >= 0.3 is 0 Å². The van der Waals surface area contributed by atoms with Gasteiger partial charge in [-0.15, -0.1) is 0 Å². The van der Waals surface area contributed by atoms with E-state index in [0.29, 0.717) is 5.92 Å². The van der Waals surface area contributed by atoms with E-state index in [9.17, 15) is 0 Å². The largest absolute Gasteiger partial charge is 0.293 e. The SMILES string of the molecule is C1=CC2c3ccccc3C3(c4ccccc4C4(c5ccccc5-c5c4ccc4c6ccccc6n(-c6cc(-c7ccccc7)cc(-c7ccccc7)n6)c54)c4ccccc43)C2C=C1. The molecule has 0 fully saturated rings. The summed E-state index contributed by atoms with van der Waals surface area (Å²) in [5.74, 6) is 1.43. The normalized spacial score (nSPS) is 20.7. The molecule has 2 aromatic heterocycles. The van der Waals surface area contributed by atoms with Gasteiger partial charge in [0.15, 0.2) is 0 Å². The molecular weight excluding hydrogens is 761 g/mol. The average molecular weight is 801 g/mol. The van der Waals surface area contributed by atoms with Gasteiger partial charge in [-0.05, 0) is 79.4 Å². The number of allylic oxidation sites excluding steroid dienone is 4. The molecule has 4 aliphatic carbocycles. The van der Waals surface area contributed by atoms with Crippen LogP contribution in [0.2, 0.25) is 0 Å². The van der Waals surface area contributed by atoms with Crippen LogP contribution in [-0.4, -0.2) is 9.55 Å². The lowest BCUT2D eigenvalue weighted by molar-refractivity contribution is 0.432. The van der Waals surface area contributed by atoms with Gasteiger partial charge in [0.25, 0.3) is 0 Å². The zero-order valence-corrected chi connectivity index (χ0v) is 34.5. The molecular formula is C61H40N2. The van der Waals surface area contributed by atoms with Crippen LogP contribution >= 0.6 is 0 Å². The molecule has 2 nitrogen and oxygen atoms in total. The molecule has 2 heteroatoms. The van der Waals surface area contributed by atoms with Gasteiger partial charge in [0.1, 0.15) is 5.82 Å². The van der Waals surface area contributed by atoms with Crippen molar-refractivity contribution in [3.8, 4) is 39.3 Å². The second kappa shape index (κ2) is 12.9. The zero-order chi connectivity index (χ0) is 41.3. The first kappa shape index (κ1) is 34.9. The van der Waals surface area contributed by atoms with Crippen LogP contribution in [0.25, 0.3) is 61.1 Å². The summed E-state index contributed by atoms with van der Waals surface area (Å²) in [6, 6.07) is 77.1. The average Bonchev–Trinajstić information content (AvgIpc) is 3.97. The van der Waals surface area contributed by atoms with E-state index in [2.05, 4.69) is 235 Å². The van der Waals surface area contributed by atoms with Crippen molar-refractivity contribution in [3.63, 3.8) is 0 Å². The predicted molar refractivity (Wildman–Crippen MR) is 258 cm³/mol. The summed E-state index contributed by atoms with van der Waals surface area (Å²) in [7, 11) is 0. The Morgan fingerprint density at radius 2 is 1.03 bits per heavy atom.